The van der Waals surface area contributed by atoms with Crippen molar-refractivity contribution in [1.82, 2.24) is 14.9 Å². The molecular weight excluding hydrogens is 526 g/mol. The lowest BCUT2D eigenvalue weighted by Gasteiger charge is -2.44. The summed E-state index contributed by atoms with van der Waals surface area (Å²) in [6.07, 6.45) is 2.94. The van der Waals surface area contributed by atoms with Gasteiger partial charge in [0.1, 0.15) is 0 Å². The highest BCUT2D eigenvalue weighted by Crippen LogP contribution is 2.42. The Labute approximate surface area is 247 Å². The first-order valence-corrected chi connectivity index (χ1v) is 14.8. The Morgan fingerprint density at radius 1 is 0.810 bits per heavy atom. The third kappa shape index (κ3) is 6.38. The Morgan fingerprint density at radius 2 is 1.52 bits per heavy atom. The molecule has 0 aliphatic carbocycles. The van der Waals surface area contributed by atoms with Gasteiger partial charge in [0.15, 0.2) is 6.29 Å². The standard InChI is InChI=1S/C34H39N5O3/c1-24-31(22-38-16-18-39(19-17-38)34-36-14-3-15-37-34)41-33(42-32(24)28-8-6-25(23-40)7-9-28)29-12-10-27(11-13-29)30-5-2-4-26(20-30)21-35/h2-15,20,24,31-33,40H,16-19,21-23,35H2,1H3/t24-,31+,32+,33+/m0/s1. The Hall–Kier alpha value is -3.66. The maximum Gasteiger partial charge on any atom is 0.225 e. The fraction of sp³-hybridized carbons (Fsp3) is 0.353. The number of aliphatic hydroxyl groups is 1. The number of nitrogens with two attached hydrogens (primary N) is 1. The second-order valence-electron chi connectivity index (χ2n) is 11.2. The maximum atomic E-state index is 9.56. The van der Waals surface area contributed by atoms with Crippen molar-refractivity contribution in [3.8, 4) is 11.1 Å². The van der Waals surface area contributed by atoms with Crippen LogP contribution in [0.3, 0.4) is 0 Å². The van der Waals surface area contributed by atoms with Crippen LogP contribution in [-0.2, 0) is 22.6 Å². The summed E-state index contributed by atoms with van der Waals surface area (Å²) in [5.74, 6) is 0.924. The van der Waals surface area contributed by atoms with E-state index in [2.05, 4.69) is 75.2 Å². The number of anilines is 1. The summed E-state index contributed by atoms with van der Waals surface area (Å²) in [4.78, 5) is 13.6. The molecule has 3 heterocycles. The number of rotatable bonds is 8. The first kappa shape index (κ1) is 28.5. The summed E-state index contributed by atoms with van der Waals surface area (Å²) in [6, 6.07) is 26.7. The van der Waals surface area contributed by atoms with Crippen LogP contribution in [0.15, 0.2) is 91.3 Å². The number of nitrogens with zero attached hydrogens (tertiary/aromatic N) is 4. The van der Waals surface area contributed by atoms with E-state index in [0.717, 1.165) is 72.1 Å². The van der Waals surface area contributed by atoms with Gasteiger partial charge in [-0.2, -0.15) is 0 Å². The Morgan fingerprint density at radius 3 is 2.21 bits per heavy atom. The molecule has 42 heavy (non-hydrogen) atoms. The summed E-state index contributed by atoms with van der Waals surface area (Å²) in [6.45, 7) is 7.17. The first-order valence-electron chi connectivity index (χ1n) is 14.8. The number of benzene rings is 3. The zero-order chi connectivity index (χ0) is 28.9. The molecule has 2 aliphatic rings. The number of aromatic nitrogens is 2. The molecule has 8 nitrogen and oxygen atoms in total. The van der Waals surface area contributed by atoms with Gasteiger partial charge in [0.2, 0.25) is 5.95 Å². The van der Waals surface area contributed by atoms with Gasteiger partial charge in [0, 0.05) is 63.1 Å². The average Bonchev–Trinajstić information content (AvgIpc) is 3.06. The number of ether oxygens (including phenoxy) is 2. The fourth-order valence-electron chi connectivity index (χ4n) is 5.88. The highest BCUT2D eigenvalue weighted by Gasteiger charge is 2.39. The minimum atomic E-state index is -0.489. The van der Waals surface area contributed by atoms with Gasteiger partial charge >= 0.3 is 0 Å². The van der Waals surface area contributed by atoms with Gasteiger partial charge in [0.05, 0.1) is 18.8 Å². The van der Waals surface area contributed by atoms with E-state index < -0.39 is 6.29 Å². The lowest BCUT2D eigenvalue weighted by atomic mass is 9.89. The van der Waals surface area contributed by atoms with Gasteiger partial charge in [0.25, 0.3) is 0 Å². The molecule has 3 N–H and O–H groups in total. The Balaban J connectivity index is 1.20. The molecule has 218 valence electrons. The molecule has 2 aliphatic heterocycles. The second kappa shape index (κ2) is 13.1. The molecule has 0 saturated carbocycles. The molecule has 0 bridgehead atoms. The molecule has 0 spiro atoms. The molecular formula is C34H39N5O3. The molecule has 2 fully saturated rings. The van der Waals surface area contributed by atoms with Crippen LogP contribution >= 0.6 is 0 Å². The van der Waals surface area contributed by atoms with Crippen molar-refractivity contribution < 1.29 is 14.6 Å². The third-order valence-electron chi connectivity index (χ3n) is 8.45. The third-order valence-corrected chi connectivity index (χ3v) is 8.45. The minimum Gasteiger partial charge on any atom is -0.392 e. The predicted molar refractivity (Wildman–Crippen MR) is 163 cm³/mol. The highest BCUT2D eigenvalue weighted by molar-refractivity contribution is 5.64. The van der Waals surface area contributed by atoms with Crippen molar-refractivity contribution >= 4 is 5.95 Å². The zero-order valence-corrected chi connectivity index (χ0v) is 24.0. The lowest BCUT2D eigenvalue weighted by Crippen LogP contribution is -2.51. The van der Waals surface area contributed by atoms with Crippen LogP contribution in [0.2, 0.25) is 0 Å². The van der Waals surface area contributed by atoms with Crippen molar-refractivity contribution in [2.45, 2.75) is 38.6 Å². The average molecular weight is 566 g/mol. The molecule has 0 unspecified atom stereocenters. The second-order valence-corrected chi connectivity index (χ2v) is 11.2. The Kier molecular flexibility index (Phi) is 8.88. The van der Waals surface area contributed by atoms with Gasteiger partial charge < -0.3 is 25.2 Å². The van der Waals surface area contributed by atoms with Crippen LogP contribution in [0, 0.1) is 5.92 Å². The van der Waals surface area contributed by atoms with Crippen LogP contribution in [0.4, 0.5) is 5.95 Å². The molecule has 0 amide bonds. The van der Waals surface area contributed by atoms with E-state index >= 15 is 0 Å². The van der Waals surface area contributed by atoms with E-state index in [0.29, 0.717) is 6.54 Å². The van der Waals surface area contributed by atoms with Crippen LogP contribution in [0.25, 0.3) is 11.1 Å². The molecule has 8 heteroatoms. The molecule has 4 atom stereocenters. The summed E-state index contributed by atoms with van der Waals surface area (Å²) in [5.41, 5.74) is 12.2. The van der Waals surface area contributed by atoms with Crippen LogP contribution in [0.5, 0.6) is 0 Å². The zero-order valence-electron chi connectivity index (χ0n) is 24.0. The van der Waals surface area contributed by atoms with Crippen molar-refractivity contribution in [2.24, 2.45) is 11.7 Å². The van der Waals surface area contributed by atoms with Crippen molar-refractivity contribution in [2.75, 3.05) is 37.6 Å². The summed E-state index contributed by atoms with van der Waals surface area (Å²) in [5, 5.41) is 9.56. The van der Waals surface area contributed by atoms with Crippen LogP contribution in [0.1, 0.15) is 41.6 Å². The monoisotopic (exact) mass is 565 g/mol. The number of aliphatic hydroxyl groups excluding tert-OH is 1. The topological polar surface area (TPSA) is 97.0 Å². The van der Waals surface area contributed by atoms with Crippen LogP contribution < -0.4 is 10.6 Å². The van der Waals surface area contributed by atoms with E-state index in [1.54, 1.807) is 12.4 Å². The largest absolute Gasteiger partial charge is 0.392 e. The summed E-state index contributed by atoms with van der Waals surface area (Å²) < 4.78 is 13.4. The predicted octanol–water partition coefficient (Wildman–Crippen LogP) is 4.71. The molecule has 1 aromatic heterocycles. The number of piperazine rings is 1. The fourth-order valence-corrected chi connectivity index (χ4v) is 5.88. The van der Waals surface area contributed by atoms with Gasteiger partial charge in [-0.1, -0.05) is 73.7 Å². The lowest BCUT2D eigenvalue weighted by molar-refractivity contribution is -0.276. The molecule has 6 rings (SSSR count). The highest BCUT2D eigenvalue weighted by atomic mass is 16.7. The quantitative estimate of drug-likeness (QED) is 0.317. The number of hydrogen-bond acceptors (Lipinski definition) is 8. The van der Waals surface area contributed by atoms with E-state index in [4.69, 9.17) is 15.2 Å². The minimum absolute atomic E-state index is 0.0216. The van der Waals surface area contributed by atoms with Crippen LogP contribution in [-0.4, -0.2) is 58.8 Å². The van der Waals surface area contributed by atoms with Gasteiger partial charge in [-0.25, -0.2) is 9.97 Å². The van der Waals surface area contributed by atoms with Crippen molar-refractivity contribution in [3.63, 3.8) is 0 Å². The van der Waals surface area contributed by atoms with Crippen molar-refractivity contribution in [3.05, 3.63) is 114 Å². The number of hydrogen-bond donors (Lipinski definition) is 2. The van der Waals surface area contributed by atoms with Gasteiger partial charge in [-0.05, 0) is 39.9 Å². The molecule has 4 aromatic rings. The van der Waals surface area contributed by atoms with E-state index in [1.807, 2.05) is 30.3 Å². The summed E-state index contributed by atoms with van der Waals surface area (Å²) in [7, 11) is 0. The van der Waals surface area contributed by atoms with Gasteiger partial charge in [-0.15, -0.1) is 0 Å². The first-order chi connectivity index (χ1) is 20.6. The normalized spacial score (nSPS) is 23.2. The molecule has 3 aromatic carbocycles. The smallest absolute Gasteiger partial charge is 0.225 e. The van der Waals surface area contributed by atoms with E-state index in [-0.39, 0.29) is 24.7 Å². The summed E-state index contributed by atoms with van der Waals surface area (Å²) >= 11 is 0. The molecule has 0 radical (unpaired) electrons. The van der Waals surface area contributed by atoms with Crippen molar-refractivity contribution in [1.29, 1.82) is 0 Å². The van der Waals surface area contributed by atoms with Gasteiger partial charge in [-0.3, -0.25) is 4.90 Å². The van der Waals surface area contributed by atoms with E-state index in [9.17, 15) is 5.11 Å². The maximum absolute atomic E-state index is 9.56. The molecule has 2 saturated heterocycles. The Bertz CT molecular complexity index is 1430. The SMILES string of the molecule is C[C@H]1[C@@H](CN2CCN(c3ncccn3)CC2)O[C@@H](c2ccc(-c3cccc(CN)c3)cc2)O[C@H]1c1ccc(CO)cc1. The van der Waals surface area contributed by atoms with E-state index in [1.165, 1.54) is 0 Å².